The fourth-order valence-electron chi connectivity index (χ4n) is 1.90. The molecule has 0 atom stereocenters. The molecule has 0 saturated heterocycles. The number of carbonyl (C=O) groups excluding carboxylic acids is 1. The quantitative estimate of drug-likeness (QED) is 0.793. The summed E-state index contributed by atoms with van der Waals surface area (Å²) in [7, 11) is 0. The standard InChI is InChI=1S/C14H15Cl2N3O/c1-3-13-17-14(4-2)19(18-13)8-12(20)10-6-5-9(15)7-11(10)16/h5-7H,3-4,8H2,1-2H3. The molecule has 0 amide bonds. The molecule has 0 spiro atoms. The highest BCUT2D eigenvalue weighted by Gasteiger charge is 2.15. The van der Waals surface area contributed by atoms with Gasteiger partial charge in [-0.1, -0.05) is 37.0 Å². The van der Waals surface area contributed by atoms with Crippen LogP contribution in [0.5, 0.6) is 0 Å². The summed E-state index contributed by atoms with van der Waals surface area (Å²) in [5.74, 6) is 1.45. The van der Waals surface area contributed by atoms with Crippen molar-refractivity contribution in [1.29, 1.82) is 0 Å². The van der Waals surface area contributed by atoms with Gasteiger partial charge in [-0.25, -0.2) is 9.67 Å². The van der Waals surface area contributed by atoms with E-state index in [4.69, 9.17) is 23.2 Å². The number of ketones is 1. The molecule has 0 N–H and O–H groups in total. The Morgan fingerprint density at radius 1 is 1.25 bits per heavy atom. The lowest BCUT2D eigenvalue weighted by atomic mass is 10.1. The van der Waals surface area contributed by atoms with Crippen molar-refractivity contribution < 1.29 is 4.79 Å². The molecular formula is C14H15Cl2N3O. The molecule has 1 heterocycles. The van der Waals surface area contributed by atoms with Crippen molar-refractivity contribution in [3.8, 4) is 0 Å². The van der Waals surface area contributed by atoms with Gasteiger partial charge >= 0.3 is 0 Å². The highest BCUT2D eigenvalue weighted by atomic mass is 35.5. The van der Waals surface area contributed by atoms with Crippen LogP contribution in [0.1, 0.15) is 35.9 Å². The van der Waals surface area contributed by atoms with Crippen LogP contribution in [0.15, 0.2) is 18.2 Å². The molecule has 1 aromatic heterocycles. The maximum Gasteiger partial charge on any atom is 0.185 e. The van der Waals surface area contributed by atoms with Crippen molar-refractivity contribution in [2.24, 2.45) is 0 Å². The number of carbonyl (C=O) groups is 1. The second kappa shape index (κ2) is 6.37. The number of benzene rings is 1. The van der Waals surface area contributed by atoms with Gasteiger partial charge in [-0.05, 0) is 18.2 Å². The number of halogens is 2. The van der Waals surface area contributed by atoms with Gasteiger partial charge in [-0.3, -0.25) is 4.79 Å². The van der Waals surface area contributed by atoms with Crippen LogP contribution in [0, 0.1) is 0 Å². The fourth-order valence-corrected chi connectivity index (χ4v) is 2.41. The molecule has 0 radical (unpaired) electrons. The SMILES string of the molecule is CCc1nc(CC)n(CC(=O)c2ccc(Cl)cc2Cl)n1. The summed E-state index contributed by atoms with van der Waals surface area (Å²) in [6.45, 7) is 4.11. The molecule has 0 aliphatic heterocycles. The number of aromatic nitrogens is 3. The summed E-state index contributed by atoms with van der Waals surface area (Å²) in [4.78, 5) is 16.7. The number of hydrogen-bond acceptors (Lipinski definition) is 3. The second-order valence-electron chi connectivity index (χ2n) is 4.36. The number of rotatable bonds is 5. The maximum atomic E-state index is 12.3. The Hall–Kier alpha value is -1.39. The van der Waals surface area contributed by atoms with Gasteiger partial charge in [0.2, 0.25) is 0 Å². The molecule has 0 fully saturated rings. The van der Waals surface area contributed by atoms with Gasteiger partial charge in [0.1, 0.15) is 12.4 Å². The minimum atomic E-state index is -0.103. The molecule has 2 rings (SSSR count). The van der Waals surface area contributed by atoms with E-state index in [1.807, 2.05) is 13.8 Å². The van der Waals surface area contributed by atoms with Crippen LogP contribution in [0.4, 0.5) is 0 Å². The number of nitrogens with zero attached hydrogens (tertiary/aromatic N) is 3. The topological polar surface area (TPSA) is 47.8 Å². The largest absolute Gasteiger partial charge is 0.292 e. The molecule has 2 aromatic rings. The Morgan fingerprint density at radius 2 is 2.00 bits per heavy atom. The fraction of sp³-hybridized carbons (Fsp3) is 0.357. The van der Waals surface area contributed by atoms with E-state index in [-0.39, 0.29) is 12.3 Å². The van der Waals surface area contributed by atoms with Crippen molar-refractivity contribution in [3.63, 3.8) is 0 Å². The van der Waals surface area contributed by atoms with Gasteiger partial charge in [0, 0.05) is 23.4 Å². The van der Waals surface area contributed by atoms with Crippen molar-refractivity contribution in [3.05, 3.63) is 45.5 Å². The van der Waals surface area contributed by atoms with Crippen LogP contribution in [0.2, 0.25) is 10.0 Å². The highest BCUT2D eigenvalue weighted by Crippen LogP contribution is 2.21. The van der Waals surface area contributed by atoms with Crippen LogP contribution in [-0.4, -0.2) is 20.5 Å². The summed E-state index contributed by atoms with van der Waals surface area (Å²) in [6.07, 6.45) is 1.48. The van der Waals surface area contributed by atoms with Crippen LogP contribution in [0.3, 0.4) is 0 Å². The Balaban J connectivity index is 2.25. The molecule has 0 aliphatic rings. The van der Waals surface area contributed by atoms with Gasteiger partial charge in [0.15, 0.2) is 11.6 Å². The average Bonchev–Trinajstić information content (AvgIpc) is 2.80. The zero-order valence-electron chi connectivity index (χ0n) is 11.4. The first-order valence-corrected chi connectivity index (χ1v) is 7.21. The van der Waals surface area contributed by atoms with Crippen LogP contribution >= 0.6 is 23.2 Å². The van der Waals surface area contributed by atoms with E-state index in [2.05, 4.69) is 10.1 Å². The first-order valence-electron chi connectivity index (χ1n) is 6.46. The van der Waals surface area contributed by atoms with Crippen LogP contribution in [0.25, 0.3) is 0 Å². The Labute approximate surface area is 127 Å². The van der Waals surface area contributed by atoms with E-state index in [0.717, 1.165) is 24.5 Å². The number of hydrogen-bond donors (Lipinski definition) is 0. The summed E-state index contributed by atoms with van der Waals surface area (Å²) in [5.41, 5.74) is 0.451. The summed E-state index contributed by atoms with van der Waals surface area (Å²) >= 11 is 11.9. The van der Waals surface area contributed by atoms with Crippen molar-refractivity contribution in [2.45, 2.75) is 33.2 Å². The first-order chi connectivity index (χ1) is 9.55. The number of aryl methyl sites for hydroxylation is 2. The van der Waals surface area contributed by atoms with Crippen molar-refractivity contribution >= 4 is 29.0 Å². The zero-order valence-corrected chi connectivity index (χ0v) is 12.9. The third kappa shape index (κ3) is 3.19. The molecule has 0 saturated carbocycles. The summed E-state index contributed by atoms with van der Waals surface area (Å²) in [5, 5.41) is 5.19. The molecule has 0 bridgehead atoms. The van der Waals surface area contributed by atoms with E-state index in [0.29, 0.717) is 15.6 Å². The van der Waals surface area contributed by atoms with Crippen molar-refractivity contribution in [1.82, 2.24) is 14.8 Å². The van der Waals surface area contributed by atoms with Gasteiger partial charge in [-0.15, -0.1) is 0 Å². The highest BCUT2D eigenvalue weighted by molar-refractivity contribution is 6.36. The average molecular weight is 312 g/mol. The van der Waals surface area contributed by atoms with E-state index < -0.39 is 0 Å². The minimum Gasteiger partial charge on any atom is -0.292 e. The predicted molar refractivity (Wildman–Crippen MR) is 79.6 cm³/mol. The van der Waals surface area contributed by atoms with E-state index in [1.54, 1.807) is 22.9 Å². The normalized spacial score (nSPS) is 10.8. The van der Waals surface area contributed by atoms with Crippen LogP contribution < -0.4 is 0 Å². The molecule has 1 aromatic carbocycles. The number of Topliss-reactive ketones (excluding diaryl/α,β-unsaturated/α-hetero) is 1. The van der Waals surface area contributed by atoms with Gasteiger partial charge in [-0.2, -0.15) is 5.10 Å². The molecule has 0 aliphatic carbocycles. The summed E-state index contributed by atoms with van der Waals surface area (Å²) < 4.78 is 1.64. The molecule has 0 unspecified atom stereocenters. The Morgan fingerprint density at radius 3 is 2.60 bits per heavy atom. The van der Waals surface area contributed by atoms with Gasteiger partial charge in [0.25, 0.3) is 0 Å². The van der Waals surface area contributed by atoms with Crippen molar-refractivity contribution in [2.75, 3.05) is 0 Å². The lowest BCUT2D eigenvalue weighted by molar-refractivity contribution is 0.0966. The Bertz CT molecular complexity index is 637. The molecule has 6 heteroatoms. The van der Waals surface area contributed by atoms with Crippen LogP contribution in [-0.2, 0) is 19.4 Å². The third-order valence-electron chi connectivity index (χ3n) is 2.95. The smallest absolute Gasteiger partial charge is 0.185 e. The van der Waals surface area contributed by atoms with E-state index >= 15 is 0 Å². The molecule has 20 heavy (non-hydrogen) atoms. The van der Waals surface area contributed by atoms with E-state index in [1.165, 1.54) is 0 Å². The summed E-state index contributed by atoms with van der Waals surface area (Å²) in [6, 6.07) is 4.85. The molecular weight excluding hydrogens is 297 g/mol. The Kier molecular flexibility index (Phi) is 4.78. The zero-order chi connectivity index (χ0) is 14.7. The predicted octanol–water partition coefficient (Wildman–Crippen LogP) is 3.59. The lowest BCUT2D eigenvalue weighted by Crippen LogP contribution is -2.14. The second-order valence-corrected chi connectivity index (χ2v) is 5.20. The maximum absolute atomic E-state index is 12.3. The lowest BCUT2D eigenvalue weighted by Gasteiger charge is -2.06. The third-order valence-corrected chi connectivity index (χ3v) is 3.50. The minimum absolute atomic E-state index is 0.103. The van der Waals surface area contributed by atoms with Gasteiger partial charge < -0.3 is 0 Å². The molecule has 106 valence electrons. The first kappa shape index (κ1) is 15.0. The monoisotopic (exact) mass is 311 g/mol. The molecule has 4 nitrogen and oxygen atoms in total. The van der Waals surface area contributed by atoms with Gasteiger partial charge in [0.05, 0.1) is 5.02 Å². The van der Waals surface area contributed by atoms with E-state index in [9.17, 15) is 4.79 Å².